The molecule has 0 amide bonds. The van der Waals surface area contributed by atoms with Crippen LogP contribution in [-0.2, 0) is 11.3 Å². The number of carbonyl (C=O) groups excluding carboxylic acids is 1. The SMILES string of the molecule is C#CCN(C)Cc1cccc(C(=O)OCC)c1. The van der Waals surface area contributed by atoms with Gasteiger partial charge in [0.2, 0.25) is 0 Å². The van der Waals surface area contributed by atoms with Crippen LogP contribution < -0.4 is 0 Å². The van der Waals surface area contributed by atoms with Crippen molar-refractivity contribution in [2.75, 3.05) is 20.2 Å². The Labute approximate surface area is 102 Å². The predicted molar refractivity (Wildman–Crippen MR) is 67.6 cm³/mol. The van der Waals surface area contributed by atoms with Gasteiger partial charge in [0, 0.05) is 6.54 Å². The minimum atomic E-state index is -0.283. The lowest BCUT2D eigenvalue weighted by Crippen LogP contribution is -2.18. The molecule has 90 valence electrons. The van der Waals surface area contributed by atoms with Crippen molar-refractivity contribution in [1.82, 2.24) is 4.90 Å². The zero-order valence-electron chi connectivity index (χ0n) is 10.3. The highest BCUT2D eigenvalue weighted by Gasteiger charge is 2.07. The number of terminal acetylenes is 1. The summed E-state index contributed by atoms with van der Waals surface area (Å²) in [7, 11) is 1.94. The van der Waals surface area contributed by atoms with Gasteiger partial charge in [0.25, 0.3) is 0 Å². The summed E-state index contributed by atoms with van der Waals surface area (Å²) in [5.74, 6) is 2.30. The van der Waals surface area contributed by atoms with Crippen LogP contribution in [0.25, 0.3) is 0 Å². The van der Waals surface area contributed by atoms with Crippen LogP contribution in [0.2, 0.25) is 0 Å². The molecule has 0 unspecified atom stereocenters. The first-order chi connectivity index (χ1) is 8.17. The summed E-state index contributed by atoms with van der Waals surface area (Å²) in [6.07, 6.45) is 5.23. The van der Waals surface area contributed by atoms with Crippen LogP contribution in [0.4, 0.5) is 0 Å². The second kappa shape index (κ2) is 6.72. The van der Waals surface area contributed by atoms with Crippen molar-refractivity contribution in [2.24, 2.45) is 0 Å². The van der Waals surface area contributed by atoms with E-state index in [9.17, 15) is 4.79 Å². The van der Waals surface area contributed by atoms with E-state index < -0.39 is 0 Å². The van der Waals surface area contributed by atoms with E-state index in [1.165, 1.54) is 0 Å². The smallest absolute Gasteiger partial charge is 0.338 e. The molecular formula is C14H17NO2. The third-order valence-corrected chi connectivity index (χ3v) is 2.25. The van der Waals surface area contributed by atoms with Gasteiger partial charge in [-0.05, 0) is 31.7 Å². The predicted octanol–water partition coefficient (Wildman–Crippen LogP) is 1.93. The molecule has 0 bridgehead atoms. The van der Waals surface area contributed by atoms with Gasteiger partial charge in [0.05, 0.1) is 18.7 Å². The highest BCUT2D eigenvalue weighted by Crippen LogP contribution is 2.08. The van der Waals surface area contributed by atoms with E-state index in [4.69, 9.17) is 11.2 Å². The molecule has 0 saturated carbocycles. The largest absolute Gasteiger partial charge is 0.462 e. The zero-order chi connectivity index (χ0) is 12.7. The van der Waals surface area contributed by atoms with E-state index in [-0.39, 0.29) is 5.97 Å². The van der Waals surface area contributed by atoms with Crippen molar-refractivity contribution < 1.29 is 9.53 Å². The topological polar surface area (TPSA) is 29.5 Å². The lowest BCUT2D eigenvalue weighted by atomic mass is 10.1. The molecule has 17 heavy (non-hydrogen) atoms. The third kappa shape index (κ3) is 4.29. The quantitative estimate of drug-likeness (QED) is 0.573. The Hall–Kier alpha value is -1.79. The van der Waals surface area contributed by atoms with Gasteiger partial charge in [-0.3, -0.25) is 4.90 Å². The molecule has 0 aliphatic carbocycles. The molecule has 3 heteroatoms. The Morgan fingerprint density at radius 3 is 2.94 bits per heavy atom. The van der Waals surface area contributed by atoms with Crippen molar-refractivity contribution in [3.63, 3.8) is 0 Å². The molecule has 3 nitrogen and oxygen atoms in total. The van der Waals surface area contributed by atoms with Gasteiger partial charge in [-0.15, -0.1) is 6.42 Å². The number of rotatable bonds is 5. The van der Waals surface area contributed by atoms with E-state index in [0.29, 0.717) is 18.7 Å². The van der Waals surface area contributed by atoms with Crippen molar-refractivity contribution >= 4 is 5.97 Å². The summed E-state index contributed by atoms with van der Waals surface area (Å²) in [5.41, 5.74) is 1.63. The number of hydrogen-bond acceptors (Lipinski definition) is 3. The van der Waals surface area contributed by atoms with Crippen LogP contribution in [0.5, 0.6) is 0 Å². The summed E-state index contributed by atoms with van der Waals surface area (Å²) in [6, 6.07) is 7.41. The monoisotopic (exact) mass is 231 g/mol. The fourth-order valence-electron chi connectivity index (χ4n) is 1.53. The van der Waals surface area contributed by atoms with Gasteiger partial charge in [-0.2, -0.15) is 0 Å². The Morgan fingerprint density at radius 2 is 2.29 bits per heavy atom. The van der Waals surface area contributed by atoms with E-state index in [0.717, 1.165) is 12.1 Å². The number of nitrogens with zero attached hydrogens (tertiary/aromatic N) is 1. The number of carbonyl (C=O) groups is 1. The zero-order valence-corrected chi connectivity index (χ0v) is 10.3. The van der Waals surface area contributed by atoms with E-state index in [1.807, 2.05) is 30.1 Å². The van der Waals surface area contributed by atoms with Gasteiger partial charge in [0.1, 0.15) is 0 Å². The molecule has 0 atom stereocenters. The third-order valence-electron chi connectivity index (χ3n) is 2.25. The highest BCUT2D eigenvalue weighted by molar-refractivity contribution is 5.89. The molecule has 0 aliphatic rings. The molecule has 0 radical (unpaired) electrons. The van der Waals surface area contributed by atoms with Crippen molar-refractivity contribution in [1.29, 1.82) is 0 Å². The molecule has 0 aliphatic heterocycles. The first kappa shape index (κ1) is 13.3. The Balaban J connectivity index is 2.72. The summed E-state index contributed by atoms with van der Waals surface area (Å²) in [4.78, 5) is 13.5. The van der Waals surface area contributed by atoms with Gasteiger partial charge in [-0.25, -0.2) is 4.79 Å². The summed E-state index contributed by atoms with van der Waals surface area (Å²) in [6.45, 7) is 3.49. The lowest BCUT2D eigenvalue weighted by Gasteiger charge is -2.13. The van der Waals surface area contributed by atoms with E-state index in [2.05, 4.69) is 5.92 Å². The Kier molecular flexibility index (Phi) is 5.25. The molecule has 0 saturated heterocycles. The van der Waals surface area contributed by atoms with E-state index >= 15 is 0 Å². The number of benzene rings is 1. The standard InChI is InChI=1S/C14H17NO2/c1-4-9-15(3)11-12-7-6-8-13(10-12)14(16)17-5-2/h1,6-8,10H,5,9,11H2,2-3H3. The molecule has 1 rings (SSSR count). The van der Waals surface area contributed by atoms with Crippen LogP contribution in [0, 0.1) is 12.3 Å². The maximum absolute atomic E-state index is 11.5. The molecule has 0 N–H and O–H groups in total. The average Bonchev–Trinajstić information content (AvgIpc) is 2.30. The lowest BCUT2D eigenvalue weighted by molar-refractivity contribution is 0.0526. The van der Waals surface area contributed by atoms with Crippen molar-refractivity contribution in [3.8, 4) is 12.3 Å². The fraction of sp³-hybridized carbons (Fsp3) is 0.357. The molecule has 1 aromatic carbocycles. The van der Waals surface area contributed by atoms with Crippen LogP contribution >= 0.6 is 0 Å². The minimum absolute atomic E-state index is 0.283. The van der Waals surface area contributed by atoms with Crippen molar-refractivity contribution in [3.05, 3.63) is 35.4 Å². The molecule has 0 fully saturated rings. The molecule has 0 spiro atoms. The van der Waals surface area contributed by atoms with Crippen LogP contribution in [0.1, 0.15) is 22.8 Å². The van der Waals surface area contributed by atoms with E-state index in [1.54, 1.807) is 13.0 Å². The number of ether oxygens (including phenoxy) is 1. The van der Waals surface area contributed by atoms with Crippen LogP contribution in [0.3, 0.4) is 0 Å². The van der Waals surface area contributed by atoms with Crippen LogP contribution in [-0.4, -0.2) is 31.1 Å². The second-order valence-electron chi connectivity index (χ2n) is 3.80. The first-order valence-electron chi connectivity index (χ1n) is 5.55. The van der Waals surface area contributed by atoms with Gasteiger partial charge in [-0.1, -0.05) is 18.1 Å². The summed E-state index contributed by atoms with van der Waals surface area (Å²) >= 11 is 0. The summed E-state index contributed by atoms with van der Waals surface area (Å²) in [5, 5.41) is 0. The minimum Gasteiger partial charge on any atom is -0.462 e. The Morgan fingerprint density at radius 1 is 1.53 bits per heavy atom. The molecular weight excluding hydrogens is 214 g/mol. The second-order valence-corrected chi connectivity index (χ2v) is 3.80. The first-order valence-corrected chi connectivity index (χ1v) is 5.55. The van der Waals surface area contributed by atoms with Crippen molar-refractivity contribution in [2.45, 2.75) is 13.5 Å². The molecule has 0 heterocycles. The van der Waals surface area contributed by atoms with Gasteiger partial charge >= 0.3 is 5.97 Å². The average molecular weight is 231 g/mol. The summed E-state index contributed by atoms with van der Waals surface area (Å²) < 4.78 is 4.95. The molecule has 1 aromatic rings. The normalized spacial score (nSPS) is 10.0. The number of esters is 1. The maximum Gasteiger partial charge on any atom is 0.338 e. The number of hydrogen-bond donors (Lipinski definition) is 0. The fourth-order valence-corrected chi connectivity index (χ4v) is 1.53. The Bertz CT molecular complexity index is 420. The highest BCUT2D eigenvalue weighted by atomic mass is 16.5. The van der Waals surface area contributed by atoms with Gasteiger partial charge < -0.3 is 4.74 Å². The van der Waals surface area contributed by atoms with Gasteiger partial charge in [0.15, 0.2) is 0 Å². The van der Waals surface area contributed by atoms with Crippen LogP contribution in [0.15, 0.2) is 24.3 Å². The maximum atomic E-state index is 11.5. The molecule has 0 aromatic heterocycles.